The Morgan fingerprint density at radius 1 is 1.19 bits per heavy atom. The summed E-state index contributed by atoms with van der Waals surface area (Å²) in [7, 11) is 0. The van der Waals surface area contributed by atoms with Gasteiger partial charge in [-0.3, -0.25) is 24.6 Å². The highest BCUT2D eigenvalue weighted by atomic mass is 19.4. The number of ether oxygens (including phenoxy) is 1. The van der Waals surface area contributed by atoms with E-state index >= 15 is 0 Å². The van der Waals surface area contributed by atoms with Crippen molar-refractivity contribution in [1.29, 1.82) is 0 Å². The number of nitrogens with zero attached hydrogens (tertiary/aromatic N) is 1. The van der Waals surface area contributed by atoms with Crippen molar-refractivity contribution in [2.45, 2.75) is 68.9 Å². The Bertz CT molecular complexity index is 1080. The van der Waals surface area contributed by atoms with Crippen LogP contribution in [0.5, 0.6) is 5.75 Å². The topological polar surface area (TPSA) is 151 Å². The normalized spacial score (nSPS) is 28.3. The maximum atomic E-state index is 13.7. The number of benzene rings is 1. The van der Waals surface area contributed by atoms with Crippen molar-refractivity contribution in [1.82, 2.24) is 15.5 Å². The molecule has 37 heavy (non-hydrogen) atoms. The van der Waals surface area contributed by atoms with Gasteiger partial charge in [0.15, 0.2) is 0 Å². The van der Waals surface area contributed by atoms with Gasteiger partial charge in [0.25, 0.3) is 0 Å². The number of carbonyl (C=O) groups is 4. The van der Waals surface area contributed by atoms with E-state index in [4.69, 9.17) is 5.73 Å². The van der Waals surface area contributed by atoms with Gasteiger partial charge in [0.05, 0.1) is 11.8 Å². The number of fused-ring (bicyclic) bond motifs is 1. The number of primary amides is 1. The number of carboxylic acids is 1. The Hall–Kier alpha value is -3.35. The maximum absolute atomic E-state index is 13.7. The molecule has 4 rings (SSSR count). The molecule has 0 aromatic heterocycles. The van der Waals surface area contributed by atoms with Crippen molar-refractivity contribution in [3.63, 3.8) is 0 Å². The van der Waals surface area contributed by atoms with Gasteiger partial charge < -0.3 is 20.9 Å². The van der Waals surface area contributed by atoms with Crippen molar-refractivity contribution in [2.75, 3.05) is 6.54 Å². The summed E-state index contributed by atoms with van der Waals surface area (Å²) in [5, 5.41) is 15.7. The molecule has 2 saturated heterocycles. The molecular formula is C24H29F3N4O6. The zero-order chi connectivity index (χ0) is 27.0. The highest BCUT2D eigenvalue weighted by Crippen LogP contribution is 2.52. The second-order valence-electron chi connectivity index (χ2n) is 9.76. The van der Waals surface area contributed by atoms with E-state index in [1.807, 2.05) is 0 Å². The van der Waals surface area contributed by atoms with E-state index in [1.165, 1.54) is 17.0 Å². The summed E-state index contributed by atoms with van der Waals surface area (Å²) in [6, 6.07) is 2.78. The molecule has 2 aliphatic heterocycles. The second-order valence-corrected chi connectivity index (χ2v) is 9.76. The Labute approximate surface area is 210 Å². The minimum absolute atomic E-state index is 0.0392. The van der Waals surface area contributed by atoms with Gasteiger partial charge in [-0.25, -0.2) is 4.79 Å². The minimum Gasteiger partial charge on any atom is -0.480 e. The van der Waals surface area contributed by atoms with Crippen LogP contribution in [-0.4, -0.2) is 58.3 Å². The molecule has 10 nitrogen and oxygen atoms in total. The Balaban J connectivity index is 1.73. The first-order chi connectivity index (χ1) is 17.4. The monoisotopic (exact) mass is 526 g/mol. The van der Waals surface area contributed by atoms with Gasteiger partial charge in [-0.1, -0.05) is 31.4 Å². The fourth-order valence-electron chi connectivity index (χ4n) is 6.03. The van der Waals surface area contributed by atoms with Gasteiger partial charge in [0.2, 0.25) is 11.8 Å². The number of imide groups is 1. The predicted octanol–water partition coefficient (Wildman–Crippen LogP) is 2.44. The number of carboxylic acid groups (broad SMARTS) is 1. The van der Waals surface area contributed by atoms with E-state index in [1.54, 1.807) is 0 Å². The largest absolute Gasteiger partial charge is 0.573 e. The van der Waals surface area contributed by atoms with Gasteiger partial charge in [0.1, 0.15) is 11.3 Å². The Kier molecular flexibility index (Phi) is 7.36. The second kappa shape index (κ2) is 10.2. The highest BCUT2D eigenvalue weighted by Gasteiger charge is 2.68. The number of amides is 4. The predicted molar refractivity (Wildman–Crippen MR) is 122 cm³/mol. The van der Waals surface area contributed by atoms with E-state index in [0.717, 1.165) is 31.4 Å². The summed E-state index contributed by atoms with van der Waals surface area (Å²) >= 11 is 0. The summed E-state index contributed by atoms with van der Waals surface area (Å²) in [6.07, 6.45) is -1.08. The zero-order valence-electron chi connectivity index (χ0n) is 19.9. The molecule has 0 spiro atoms. The van der Waals surface area contributed by atoms with Crippen LogP contribution in [0.1, 0.15) is 56.6 Å². The Morgan fingerprint density at radius 2 is 1.89 bits per heavy atom. The molecule has 0 bridgehead atoms. The summed E-state index contributed by atoms with van der Waals surface area (Å²) < 4.78 is 42.5. The summed E-state index contributed by atoms with van der Waals surface area (Å²) in [6.45, 7) is 0.0392. The molecule has 1 aromatic rings. The molecule has 3 fully saturated rings. The summed E-state index contributed by atoms with van der Waals surface area (Å²) in [4.78, 5) is 52.4. The molecule has 4 amide bonds. The van der Waals surface area contributed by atoms with Crippen molar-refractivity contribution >= 4 is 23.8 Å². The van der Waals surface area contributed by atoms with Gasteiger partial charge in [-0.15, -0.1) is 13.2 Å². The van der Waals surface area contributed by atoms with Crippen LogP contribution in [0.15, 0.2) is 24.3 Å². The number of nitrogens with two attached hydrogens (primary N) is 1. The molecule has 202 valence electrons. The number of alkyl halides is 3. The number of halogens is 3. The Morgan fingerprint density at radius 3 is 2.51 bits per heavy atom. The van der Waals surface area contributed by atoms with Crippen LogP contribution < -0.4 is 21.1 Å². The number of carbonyl (C=O) groups excluding carboxylic acids is 3. The lowest BCUT2D eigenvalue weighted by Crippen LogP contribution is -2.56. The third-order valence-electron chi connectivity index (χ3n) is 7.51. The molecule has 1 aromatic carbocycles. The summed E-state index contributed by atoms with van der Waals surface area (Å²) in [5.74, 6) is -5.41. The molecule has 1 aliphatic carbocycles. The fraction of sp³-hybridized carbons (Fsp3) is 0.583. The smallest absolute Gasteiger partial charge is 0.480 e. The van der Waals surface area contributed by atoms with E-state index in [-0.39, 0.29) is 31.0 Å². The number of nitrogens with one attached hydrogen (secondary N) is 2. The SMILES string of the molecule is NC(=O)NCCCC1(C(=O)O)NC(c2cccc(OC(F)(F)F)c2)C2C(=O)N(C3CCCCC3)C(=O)C21. The number of rotatable bonds is 8. The van der Waals surface area contributed by atoms with Gasteiger partial charge in [-0.05, 0) is 43.4 Å². The van der Waals surface area contributed by atoms with Crippen molar-refractivity contribution in [3.8, 4) is 5.75 Å². The van der Waals surface area contributed by atoms with Gasteiger partial charge in [-0.2, -0.15) is 0 Å². The van der Waals surface area contributed by atoms with E-state index in [9.17, 15) is 37.5 Å². The molecule has 13 heteroatoms. The lowest BCUT2D eigenvalue weighted by molar-refractivity contribution is -0.274. The minimum atomic E-state index is -4.95. The number of likely N-dealkylation sites (tertiary alicyclic amines) is 1. The van der Waals surface area contributed by atoms with Crippen LogP contribution >= 0.6 is 0 Å². The van der Waals surface area contributed by atoms with Gasteiger partial charge in [0, 0.05) is 18.6 Å². The van der Waals surface area contributed by atoms with E-state index < -0.39 is 59.3 Å². The van der Waals surface area contributed by atoms with Crippen LogP contribution in [0.4, 0.5) is 18.0 Å². The average molecular weight is 527 g/mol. The van der Waals surface area contributed by atoms with Crippen LogP contribution in [0.2, 0.25) is 0 Å². The zero-order valence-corrected chi connectivity index (χ0v) is 19.9. The molecule has 4 unspecified atom stereocenters. The lowest BCUT2D eigenvalue weighted by Gasteiger charge is -2.34. The molecule has 0 radical (unpaired) electrons. The number of urea groups is 1. The third kappa shape index (κ3) is 5.22. The molecule has 4 atom stereocenters. The molecule has 5 N–H and O–H groups in total. The van der Waals surface area contributed by atoms with Crippen LogP contribution in [-0.2, 0) is 14.4 Å². The first kappa shape index (κ1) is 26.7. The highest BCUT2D eigenvalue weighted by molar-refractivity contribution is 6.09. The van der Waals surface area contributed by atoms with Crippen molar-refractivity contribution in [3.05, 3.63) is 29.8 Å². The molecule has 2 heterocycles. The van der Waals surface area contributed by atoms with Crippen LogP contribution in [0, 0.1) is 11.8 Å². The quantitative estimate of drug-likeness (QED) is 0.300. The number of hydrogen-bond acceptors (Lipinski definition) is 6. The lowest BCUT2D eigenvalue weighted by atomic mass is 9.77. The van der Waals surface area contributed by atoms with Gasteiger partial charge >= 0.3 is 18.4 Å². The number of hydrogen-bond donors (Lipinski definition) is 4. The van der Waals surface area contributed by atoms with Crippen LogP contribution in [0.25, 0.3) is 0 Å². The van der Waals surface area contributed by atoms with Crippen molar-refractivity contribution in [2.24, 2.45) is 17.6 Å². The first-order valence-corrected chi connectivity index (χ1v) is 12.2. The number of aliphatic carboxylic acids is 1. The average Bonchev–Trinajstić information content (AvgIpc) is 3.30. The summed E-state index contributed by atoms with van der Waals surface area (Å²) in [5.41, 5.74) is 3.40. The standard InChI is InChI=1S/C24H29F3N4O6/c25-24(26,27)37-15-9-4-6-13(12-15)18-16-17(20(33)31(19(16)32)14-7-2-1-3-8-14)23(30-18,21(34)35)10-5-11-29-22(28)36/h4,6,9,12,14,16-18,30H,1-3,5,7-8,10-11H2,(H,34,35)(H3,28,29,36). The van der Waals surface area contributed by atoms with Crippen LogP contribution in [0.3, 0.4) is 0 Å². The van der Waals surface area contributed by atoms with E-state index in [0.29, 0.717) is 12.8 Å². The van der Waals surface area contributed by atoms with Crippen molar-refractivity contribution < 1.29 is 42.2 Å². The molecule has 3 aliphatic rings. The third-order valence-corrected chi connectivity index (χ3v) is 7.51. The molecular weight excluding hydrogens is 497 g/mol. The molecule has 1 saturated carbocycles. The maximum Gasteiger partial charge on any atom is 0.573 e. The first-order valence-electron chi connectivity index (χ1n) is 12.2. The fourth-order valence-corrected chi connectivity index (χ4v) is 6.03. The van der Waals surface area contributed by atoms with E-state index in [2.05, 4.69) is 15.4 Å².